The van der Waals surface area contributed by atoms with Crippen molar-refractivity contribution in [2.24, 2.45) is 0 Å². The average Bonchev–Trinajstić information content (AvgIpc) is 2.74. The molecule has 0 atom stereocenters. The van der Waals surface area contributed by atoms with Crippen molar-refractivity contribution in [2.45, 2.75) is 6.92 Å². The Morgan fingerprint density at radius 1 is 1.47 bits per heavy atom. The van der Waals surface area contributed by atoms with Gasteiger partial charge in [-0.2, -0.15) is 5.10 Å². The fraction of sp³-hybridized carbons (Fsp3) is 0.0909. The summed E-state index contributed by atoms with van der Waals surface area (Å²) in [5.41, 5.74) is 1.67. The first kappa shape index (κ1) is 10.1. The molecule has 0 bridgehead atoms. The van der Waals surface area contributed by atoms with Crippen LogP contribution >= 0.6 is 15.9 Å². The van der Waals surface area contributed by atoms with E-state index in [0.29, 0.717) is 5.56 Å². The van der Waals surface area contributed by atoms with E-state index < -0.39 is 0 Å². The van der Waals surface area contributed by atoms with Crippen molar-refractivity contribution < 1.29 is 4.79 Å². The van der Waals surface area contributed by atoms with Gasteiger partial charge in [0.2, 0.25) is 0 Å². The summed E-state index contributed by atoms with van der Waals surface area (Å²) in [4.78, 5) is 12.0. The summed E-state index contributed by atoms with van der Waals surface area (Å²) in [7, 11) is 0. The van der Waals surface area contributed by atoms with Gasteiger partial charge in [0, 0.05) is 16.9 Å². The van der Waals surface area contributed by atoms with Crippen molar-refractivity contribution in [3.63, 3.8) is 0 Å². The van der Waals surface area contributed by atoms with Gasteiger partial charge in [-0.15, -0.1) is 0 Å². The highest BCUT2D eigenvalue weighted by Gasteiger charge is 2.11. The minimum Gasteiger partial charge on any atom is -0.267 e. The van der Waals surface area contributed by atoms with Crippen LogP contribution in [-0.4, -0.2) is 15.7 Å². The second-order valence-electron chi connectivity index (χ2n) is 3.24. The zero-order valence-corrected chi connectivity index (χ0v) is 9.73. The summed E-state index contributed by atoms with van der Waals surface area (Å²) in [5, 5.41) is 3.91. The van der Waals surface area contributed by atoms with Gasteiger partial charge in [0.15, 0.2) is 0 Å². The first-order chi connectivity index (χ1) is 7.18. The molecule has 0 amide bonds. The van der Waals surface area contributed by atoms with E-state index in [2.05, 4.69) is 21.0 Å². The number of hydrogen-bond acceptors (Lipinski definition) is 2. The lowest BCUT2D eigenvalue weighted by atomic mass is 10.1. The molecule has 0 fully saturated rings. The van der Waals surface area contributed by atoms with Crippen LogP contribution in [0.5, 0.6) is 0 Å². The number of nitrogens with zero attached hydrogens (tertiary/aromatic N) is 2. The third kappa shape index (κ3) is 1.99. The van der Waals surface area contributed by atoms with Gasteiger partial charge in [0.05, 0.1) is 5.56 Å². The standard InChI is InChI=1S/C11H9BrN2O/c1-8-3-4-10(12)9(7-8)11(15)14-6-2-5-13-14/h2-7H,1H3. The normalized spacial score (nSPS) is 10.3. The van der Waals surface area contributed by atoms with E-state index in [0.717, 1.165) is 10.0 Å². The number of hydrogen-bond donors (Lipinski definition) is 0. The lowest BCUT2D eigenvalue weighted by Gasteiger charge is -2.04. The van der Waals surface area contributed by atoms with E-state index in [9.17, 15) is 4.79 Å². The molecule has 1 aromatic heterocycles. The molecule has 0 saturated heterocycles. The average molecular weight is 265 g/mol. The molecule has 0 aliphatic heterocycles. The molecule has 0 N–H and O–H groups in total. The van der Waals surface area contributed by atoms with E-state index in [1.54, 1.807) is 18.5 Å². The van der Waals surface area contributed by atoms with Crippen molar-refractivity contribution >= 4 is 21.8 Å². The van der Waals surface area contributed by atoms with Crippen LogP contribution < -0.4 is 0 Å². The molecule has 0 saturated carbocycles. The lowest BCUT2D eigenvalue weighted by molar-refractivity contribution is 0.0944. The van der Waals surface area contributed by atoms with Crippen molar-refractivity contribution in [2.75, 3.05) is 0 Å². The Hall–Kier alpha value is -1.42. The largest absolute Gasteiger partial charge is 0.279 e. The number of carbonyl (C=O) groups excluding carboxylic acids is 1. The molecule has 0 unspecified atom stereocenters. The van der Waals surface area contributed by atoms with Crippen LogP contribution in [0.4, 0.5) is 0 Å². The van der Waals surface area contributed by atoms with Crippen LogP contribution in [0, 0.1) is 6.92 Å². The molecule has 76 valence electrons. The third-order valence-electron chi connectivity index (χ3n) is 2.06. The Balaban J connectivity index is 2.46. The quantitative estimate of drug-likeness (QED) is 0.794. The molecule has 1 heterocycles. The smallest absolute Gasteiger partial charge is 0.267 e. The molecule has 3 nitrogen and oxygen atoms in total. The van der Waals surface area contributed by atoms with E-state index in [1.807, 2.05) is 25.1 Å². The summed E-state index contributed by atoms with van der Waals surface area (Å²) in [6.07, 6.45) is 3.22. The van der Waals surface area contributed by atoms with Gasteiger partial charge >= 0.3 is 0 Å². The molecular formula is C11H9BrN2O. The number of halogens is 1. The Morgan fingerprint density at radius 2 is 2.27 bits per heavy atom. The Labute approximate surface area is 95.9 Å². The molecule has 2 aromatic rings. The van der Waals surface area contributed by atoms with E-state index in [-0.39, 0.29) is 5.91 Å². The van der Waals surface area contributed by atoms with Crippen LogP contribution in [0.2, 0.25) is 0 Å². The van der Waals surface area contributed by atoms with Gasteiger partial charge in [-0.1, -0.05) is 11.6 Å². The molecule has 0 aliphatic rings. The Kier molecular flexibility index (Phi) is 2.68. The highest BCUT2D eigenvalue weighted by atomic mass is 79.9. The predicted octanol–water partition coefficient (Wildman–Crippen LogP) is 2.64. The second kappa shape index (κ2) is 3.98. The zero-order valence-electron chi connectivity index (χ0n) is 8.14. The fourth-order valence-electron chi connectivity index (χ4n) is 1.32. The van der Waals surface area contributed by atoms with Gasteiger partial charge in [-0.25, -0.2) is 4.68 Å². The molecule has 1 aromatic carbocycles. The maximum Gasteiger partial charge on any atom is 0.279 e. The number of aryl methyl sites for hydroxylation is 1. The first-order valence-electron chi connectivity index (χ1n) is 4.49. The van der Waals surface area contributed by atoms with Crippen LogP contribution in [-0.2, 0) is 0 Å². The highest BCUT2D eigenvalue weighted by molar-refractivity contribution is 9.10. The van der Waals surface area contributed by atoms with E-state index in [4.69, 9.17) is 0 Å². The molecule has 2 rings (SSSR count). The monoisotopic (exact) mass is 264 g/mol. The van der Waals surface area contributed by atoms with E-state index in [1.165, 1.54) is 4.68 Å². The first-order valence-corrected chi connectivity index (χ1v) is 5.28. The summed E-state index contributed by atoms with van der Waals surface area (Å²) >= 11 is 3.35. The van der Waals surface area contributed by atoms with Gasteiger partial charge in [-0.05, 0) is 41.1 Å². The van der Waals surface area contributed by atoms with Gasteiger partial charge < -0.3 is 0 Å². The number of benzene rings is 1. The summed E-state index contributed by atoms with van der Waals surface area (Å²) in [6.45, 7) is 1.95. The Bertz CT molecular complexity index is 491. The molecule has 15 heavy (non-hydrogen) atoms. The topological polar surface area (TPSA) is 34.9 Å². The predicted molar refractivity (Wildman–Crippen MR) is 60.8 cm³/mol. The van der Waals surface area contributed by atoms with Crippen molar-refractivity contribution in [1.29, 1.82) is 0 Å². The van der Waals surface area contributed by atoms with Crippen LogP contribution in [0.3, 0.4) is 0 Å². The zero-order chi connectivity index (χ0) is 10.8. The van der Waals surface area contributed by atoms with Crippen molar-refractivity contribution in [3.05, 3.63) is 52.3 Å². The lowest BCUT2D eigenvalue weighted by Crippen LogP contribution is -2.13. The van der Waals surface area contributed by atoms with Gasteiger partial charge in [0.25, 0.3) is 5.91 Å². The Morgan fingerprint density at radius 3 is 2.93 bits per heavy atom. The van der Waals surface area contributed by atoms with E-state index >= 15 is 0 Å². The molecular weight excluding hydrogens is 256 g/mol. The fourth-order valence-corrected chi connectivity index (χ4v) is 1.73. The second-order valence-corrected chi connectivity index (χ2v) is 4.09. The van der Waals surface area contributed by atoms with Crippen LogP contribution in [0.1, 0.15) is 15.9 Å². The number of aromatic nitrogens is 2. The minimum atomic E-state index is -0.129. The molecule has 0 aliphatic carbocycles. The van der Waals surface area contributed by atoms with Crippen LogP contribution in [0.25, 0.3) is 0 Å². The summed E-state index contributed by atoms with van der Waals surface area (Å²) in [6, 6.07) is 7.38. The maximum atomic E-state index is 12.0. The third-order valence-corrected chi connectivity index (χ3v) is 2.76. The molecule has 4 heteroatoms. The number of carbonyl (C=O) groups is 1. The van der Waals surface area contributed by atoms with Crippen molar-refractivity contribution in [1.82, 2.24) is 9.78 Å². The van der Waals surface area contributed by atoms with Crippen LogP contribution in [0.15, 0.2) is 41.1 Å². The molecule has 0 spiro atoms. The van der Waals surface area contributed by atoms with Gasteiger partial charge in [0.1, 0.15) is 0 Å². The SMILES string of the molecule is Cc1ccc(Br)c(C(=O)n2cccn2)c1. The minimum absolute atomic E-state index is 0.129. The summed E-state index contributed by atoms with van der Waals surface area (Å²) in [5.74, 6) is -0.129. The van der Waals surface area contributed by atoms with Gasteiger partial charge in [-0.3, -0.25) is 4.79 Å². The van der Waals surface area contributed by atoms with Crippen molar-refractivity contribution in [3.8, 4) is 0 Å². The number of rotatable bonds is 1. The maximum absolute atomic E-state index is 12.0. The molecule has 0 radical (unpaired) electrons. The summed E-state index contributed by atoms with van der Waals surface area (Å²) < 4.78 is 2.10. The highest BCUT2D eigenvalue weighted by Crippen LogP contribution is 2.18.